The molecule has 2 heterocycles. The normalized spacial score (nSPS) is 12.8. The summed E-state index contributed by atoms with van der Waals surface area (Å²) in [6.07, 6.45) is 2.39. The van der Waals surface area contributed by atoms with Crippen LogP contribution in [0.15, 0.2) is 59.5 Å². The molecule has 0 aliphatic heterocycles. The summed E-state index contributed by atoms with van der Waals surface area (Å²) in [5, 5.41) is 10.5. The number of nitrogens with zero attached hydrogens (tertiary/aromatic N) is 3. The fraction of sp³-hybridized carbons (Fsp3) is 0.364. The minimum atomic E-state index is -1.16. The Morgan fingerprint density at radius 2 is 1.90 bits per heavy atom. The Hall–Kier alpha value is -1.84. The Morgan fingerprint density at radius 3 is 2.57 bits per heavy atom. The van der Waals surface area contributed by atoms with Crippen LogP contribution in [0.3, 0.4) is 0 Å². The highest BCUT2D eigenvalue weighted by Gasteiger charge is 2.18. The van der Waals surface area contributed by atoms with Gasteiger partial charge in [-0.15, -0.1) is 0 Å². The fourth-order valence-electron chi connectivity index (χ4n) is 2.77. The summed E-state index contributed by atoms with van der Waals surface area (Å²) < 4.78 is 14.2. The van der Waals surface area contributed by atoms with Crippen LogP contribution in [-0.2, 0) is 22.8 Å². The van der Waals surface area contributed by atoms with Crippen molar-refractivity contribution in [3.8, 4) is 11.4 Å². The van der Waals surface area contributed by atoms with E-state index in [9.17, 15) is 5.11 Å². The highest BCUT2D eigenvalue weighted by atomic mass is 79.9. The number of pyridine rings is 1. The van der Waals surface area contributed by atoms with Gasteiger partial charge in [0.1, 0.15) is 22.9 Å². The van der Waals surface area contributed by atoms with Crippen molar-refractivity contribution in [3.63, 3.8) is 0 Å². The number of benzene rings is 1. The molecule has 1 atom stereocenters. The SMILES string of the molecule is C[Si](C)(C)CCOCn1cc(C(O)OCc2ccccc2)nc1-c1ccc(Br)nc1. The van der Waals surface area contributed by atoms with E-state index in [0.29, 0.717) is 31.5 Å². The molecule has 30 heavy (non-hydrogen) atoms. The number of aliphatic hydroxyl groups excluding tert-OH is 1. The van der Waals surface area contributed by atoms with E-state index in [1.165, 1.54) is 0 Å². The molecule has 0 aliphatic carbocycles. The standard InChI is InChI=1S/C22H28BrN3O3Si/c1-30(2,3)12-11-28-16-26-14-19(22(27)29-15-17-7-5-4-6-8-17)25-21(26)18-9-10-20(23)24-13-18/h4-10,13-14,22,27H,11-12,15-16H2,1-3H3. The largest absolute Gasteiger partial charge is 0.363 e. The van der Waals surface area contributed by atoms with Gasteiger partial charge < -0.3 is 19.1 Å². The first-order valence-electron chi connectivity index (χ1n) is 9.92. The van der Waals surface area contributed by atoms with Crippen LogP contribution in [0.1, 0.15) is 17.5 Å². The first-order valence-corrected chi connectivity index (χ1v) is 14.4. The number of imidazole rings is 1. The lowest BCUT2D eigenvalue weighted by Gasteiger charge is -2.16. The van der Waals surface area contributed by atoms with Gasteiger partial charge in [0, 0.05) is 32.6 Å². The summed E-state index contributed by atoms with van der Waals surface area (Å²) >= 11 is 3.36. The van der Waals surface area contributed by atoms with Crippen molar-refractivity contribution in [2.45, 2.75) is 45.3 Å². The average molecular weight is 490 g/mol. The van der Waals surface area contributed by atoms with E-state index in [4.69, 9.17) is 9.47 Å². The molecule has 2 aromatic heterocycles. The smallest absolute Gasteiger partial charge is 0.200 e. The Morgan fingerprint density at radius 1 is 1.13 bits per heavy atom. The number of aromatic nitrogens is 3. The number of hydrogen-bond donors (Lipinski definition) is 1. The third-order valence-corrected chi connectivity index (χ3v) is 6.68. The number of halogens is 1. The predicted molar refractivity (Wildman–Crippen MR) is 123 cm³/mol. The third kappa shape index (κ3) is 6.85. The maximum atomic E-state index is 10.5. The molecule has 0 bridgehead atoms. The van der Waals surface area contributed by atoms with Gasteiger partial charge in [-0.1, -0.05) is 50.0 Å². The fourth-order valence-corrected chi connectivity index (χ4v) is 3.76. The lowest BCUT2D eigenvalue weighted by molar-refractivity contribution is -0.114. The van der Waals surface area contributed by atoms with Gasteiger partial charge in [0.2, 0.25) is 0 Å². The molecular weight excluding hydrogens is 462 g/mol. The number of rotatable bonds is 10. The van der Waals surface area contributed by atoms with E-state index < -0.39 is 14.4 Å². The minimum Gasteiger partial charge on any atom is -0.363 e. The van der Waals surface area contributed by atoms with E-state index in [1.54, 1.807) is 12.4 Å². The summed E-state index contributed by atoms with van der Waals surface area (Å²) in [6, 6.07) is 14.6. The zero-order valence-corrected chi connectivity index (χ0v) is 20.2. The second-order valence-electron chi connectivity index (χ2n) is 8.33. The summed E-state index contributed by atoms with van der Waals surface area (Å²) in [6.45, 7) is 8.33. The lowest BCUT2D eigenvalue weighted by Crippen LogP contribution is -2.22. The van der Waals surface area contributed by atoms with Crippen molar-refractivity contribution < 1.29 is 14.6 Å². The van der Waals surface area contributed by atoms with Crippen LogP contribution in [0.5, 0.6) is 0 Å². The average Bonchev–Trinajstić information content (AvgIpc) is 3.14. The maximum absolute atomic E-state index is 10.5. The Balaban J connectivity index is 1.74. The molecule has 1 aromatic carbocycles. The summed E-state index contributed by atoms with van der Waals surface area (Å²) in [4.78, 5) is 8.90. The molecule has 0 aliphatic rings. The second-order valence-corrected chi connectivity index (χ2v) is 14.8. The molecular formula is C22H28BrN3O3Si. The van der Waals surface area contributed by atoms with E-state index >= 15 is 0 Å². The van der Waals surface area contributed by atoms with Gasteiger partial charge in [0.15, 0.2) is 6.29 Å². The van der Waals surface area contributed by atoms with Gasteiger partial charge in [-0.2, -0.15) is 0 Å². The number of ether oxygens (including phenoxy) is 2. The third-order valence-electron chi connectivity index (χ3n) is 4.51. The molecule has 0 saturated carbocycles. The summed E-state index contributed by atoms with van der Waals surface area (Å²) in [5.41, 5.74) is 2.27. The van der Waals surface area contributed by atoms with E-state index in [-0.39, 0.29) is 0 Å². The molecule has 0 saturated heterocycles. The molecule has 1 N–H and O–H groups in total. The van der Waals surface area contributed by atoms with E-state index in [1.807, 2.05) is 47.0 Å². The van der Waals surface area contributed by atoms with Crippen LogP contribution in [0, 0.1) is 0 Å². The molecule has 3 aromatic rings. The topological polar surface area (TPSA) is 69.4 Å². The van der Waals surface area contributed by atoms with Gasteiger partial charge in [0.05, 0.1) is 6.61 Å². The maximum Gasteiger partial charge on any atom is 0.200 e. The first kappa shape index (κ1) is 22.8. The first-order chi connectivity index (χ1) is 14.3. The quantitative estimate of drug-likeness (QED) is 0.183. The predicted octanol–water partition coefficient (Wildman–Crippen LogP) is 5.23. The molecule has 6 nitrogen and oxygen atoms in total. The van der Waals surface area contributed by atoms with Crippen molar-refractivity contribution in [1.29, 1.82) is 0 Å². The van der Waals surface area contributed by atoms with Crippen LogP contribution in [0.4, 0.5) is 0 Å². The van der Waals surface area contributed by atoms with Crippen LogP contribution in [0.25, 0.3) is 11.4 Å². The highest BCUT2D eigenvalue weighted by molar-refractivity contribution is 9.10. The van der Waals surface area contributed by atoms with Gasteiger partial charge in [-0.3, -0.25) is 0 Å². The number of aliphatic hydroxyl groups is 1. The van der Waals surface area contributed by atoms with Gasteiger partial charge >= 0.3 is 0 Å². The molecule has 1 unspecified atom stereocenters. The van der Waals surface area contributed by atoms with E-state index in [0.717, 1.165) is 21.8 Å². The molecule has 3 rings (SSSR count). The van der Waals surface area contributed by atoms with Crippen LogP contribution in [0.2, 0.25) is 25.7 Å². The monoisotopic (exact) mass is 489 g/mol. The van der Waals surface area contributed by atoms with Crippen molar-refractivity contribution in [2.75, 3.05) is 6.61 Å². The molecule has 0 fully saturated rings. The van der Waals surface area contributed by atoms with Gasteiger partial charge in [-0.05, 0) is 39.7 Å². The molecule has 0 spiro atoms. The lowest BCUT2D eigenvalue weighted by atomic mass is 10.2. The zero-order chi connectivity index (χ0) is 21.6. The molecule has 0 amide bonds. The Bertz CT molecular complexity index is 927. The zero-order valence-electron chi connectivity index (χ0n) is 17.6. The molecule has 160 valence electrons. The van der Waals surface area contributed by atoms with Crippen molar-refractivity contribution in [3.05, 3.63) is 70.7 Å². The van der Waals surface area contributed by atoms with Crippen LogP contribution in [-0.4, -0.2) is 34.3 Å². The Kier molecular flexibility index (Phi) is 7.96. The van der Waals surface area contributed by atoms with Gasteiger partial charge in [-0.25, -0.2) is 9.97 Å². The number of hydrogen-bond acceptors (Lipinski definition) is 5. The Labute approximate surface area is 187 Å². The van der Waals surface area contributed by atoms with Crippen molar-refractivity contribution in [1.82, 2.24) is 14.5 Å². The van der Waals surface area contributed by atoms with Crippen LogP contribution < -0.4 is 0 Å². The second kappa shape index (κ2) is 10.5. The molecule has 8 heteroatoms. The van der Waals surface area contributed by atoms with Gasteiger partial charge in [0.25, 0.3) is 0 Å². The van der Waals surface area contributed by atoms with Crippen molar-refractivity contribution >= 4 is 24.0 Å². The van der Waals surface area contributed by atoms with Crippen molar-refractivity contribution in [2.24, 2.45) is 0 Å². The summed E-state index contributed by atoms with van der Waals surface area (Å²) in [7, 11) is -1.16. The summed E-state index contributed by atoms with van der Waals surface area (Å²) in [5.74, 6) is 0.681. The highest BCUT2D eigenvalue weighted by Crippen LogP contribution is 2.24. The van der Waals surface area contributed by atoms with E-state index in [2.05, 4.69) is 45.5 Å². The molecule has 0 radical (unpaired) electrons. The minimum absolute atomic E-state index is 0.302. The van der Waals surface area contributed by atoms with Crippen LogP contribution >= 0.6 is 15.9 Å².